The smallest absolute Gasteiger partial charge is 0.161 e. The Kier molecular flexibility index (Phi) is 3.54. The fraction of sp³-hybridized carbons (Fsp3) is 0.562. The van der Waals surface area contributed by atoms with Crippen LogP contribution in [0, 0.1) is 16.7 Å². The van der Waals surface area contributed by atoms with E-state index >= 15 is 0 Å². The maximum atomic E-state index is 10.6. The summed E-state index contributed by atoms with van der Waals surface area (Å²) >= 11 is 0. The molecule has 2 aliphatic rings. The third kappa shape index (κ3) is 2.23. The largest absolute Gasteiger partial charge is 0.490 e. The number of fused-ring (bicyclic) bond motifs is 1. The predicted octanol–water partition coefficient (Wildman–Crippen LogP) is 2.97. The van der Waals surface area contributed by atoms with Gasteiger partial charge in [0.15, 0.2) is 11.5 Å². The Morgan fingerprint density at radius 3 is 2.50 bits per heavy atom. The monoisotopic (exact) mass is 273 g/mol. The lowest BCUT2D eigenvalue weighted by atomic mass is 9.78. The van der Waals surface area contributed by atoms with Gasteiger partial charge in [-0.3, -0.25) is 0 Å². The molecule has 1 unspecified atom stereocenters. The van der Waals surface area contributed by atoms with E-state index < -0.39 is 11.5 Å². The van der Waals surface area contributed by atoms with Crippen LogP contribution in [0.1, 0.15) is 43.8 Å². The molecule has 4 nitrogen and oxygen atoms in total. The van der Waals surface area contributed by atoms with Gasteiger partial charge in [-0.25, -0.2) is 0 Å². The summed E-state index contributed by atoms with van der Waals surface area (Å²) in [6, 6.07) is 7.84. The molecule has 0 bridgehead atoms. The molecule has 1 fully saturated rings. The van der Waals surface area contributed by atoms with Crippen molar-refractivity contribution in [1.29, 1.82) is 5.26 Å². The molecule has 1 heterocycles. The lowest BCUT2D eigenvalue weighted by Gasteiger charge is -2.27. The number of ether oxygens (including phenoxy) is 2. The molecule has 106 valence electrons. The van der Waals surface area contributed by atoms with Crippen LogP contribution < -0.4 is 9.47 Å². The summed E-state index contributed by atoms with van der Waals surface area (Å²) in [6.45, 7) is 1.27. The summed E-state index contributed by atoms with van der Waals surface area (Å²) < 4.78 is 11.2. The van der Waals surface area contributed by atoms with Gasteiger partial charge >= 0.3 is 0 Å². The van der Waals surface area contributed by atoms with Crippen molar-refractivity contribution in [1.82, 2.24) is 0 Å². The molecule has 0 amide bonds. The van der Waals surface area contributed by atoms with Crippen molar-refractivity contribution in [3.8, 4) is 17.6 Å². The second-order valence-electron chi connectivity index (χ2n) is 5.63. The van der Waals surface area contributed by atoms with Crippen LogP contribution in [0.15, 0.2) is 18.2 Å². The summed E-state index contributed by atoms with van der Waals surface area (Å²) in [7, 11) is 0. The molecule has 0 aromatic heterocycles. The number of nitriles is 1. The molecule has 4 heteroatoms. The SMILES string of the molecule is N#CC1(C(O)c2ccc3c(c2)OCCCO3)CCCC1. The number of hydrogen-bond donors (Lipinski definition) is 1. The second kappa shape index (κ2) is 5.34. The van der Waals surface area contributed by atoms with Gasteiger partial charge in [-0.15, -0.1) is 0 Å². The van der Waals surface area contributed by atoms with E-state index in [0.29, 0.717) is 19.0 Å². The van der Waals surface area contributed by atoms with Crippen LogP contribution in [-0.4, -0.2) is 18.3 Å². The van der Waals surface area contributed by atoms with Crippen molar-refractivity contribution in [3.63, 3.8) is 0 Å². The van der Waals surface area contributed by atoms with E-state index in [1.54, 1.807) is 0 Å². The van der Waals surface area contributed by atoms with Gasteiger partial charge in [-0.2, -0.15) is 5.26 Å². The molecule has 20 heavy (non-hydrogen) atoms. The normalized spacial score (nSPS) is 21.8. The van der Waals surface area contributed by atoms with Crippen molar-refractivity contribution in [2.75, 3.05) is 13.2 Å². The second-order valence-corrected chi connectivity index (χ2v) is 5.63. The van der Waals surface area contributed by atoms with E-state index in [1.807, 2.05) is 18.2 Å². The van der Waals surface area contributed by atoms with Crippen molar-refractivity contribution < 1.29 is 14.6 Å². The third-order valence-electron chi connectivity index (χ3n) is 4.33. The highest BCUT2D eigenvalue weighted by Gasteiger charge is 2.42. The minimum atomic E-state index is -0.757. The summed E-state index contributed by atoms with van der Waals surface area (Å²) in [6.07, 6.45) is 3.64. The van der Waals surface area contributed by atoms with E-state index in [2.05, 4.69) is 6.07 Å². The minimum Gasteiger partial charge on any atom is -0.490 e. The van der Waals surface area contributed by atoms with Gasteiger partial charge < -0.3 is 14.6 Å². The first kappa shape index (κ1) is 13.3. The van der Waals surface area contributed by atoms with Gasteiger partial charge in [0.2, 0.25) is 0 Å². The molecule has 0 radical (unpaired) electrons. The number of benzene rings is 1. The van der Waals surface area contributed by atoms with Gasteiger partial charge in [-0.1, -0.05) is 18.9 Å². The van der Waals surface area contributed by atoms with E-state index in [0.717, 1.165) is 43.4 Å². The molecule has 1 N–H and O–H groups in total. The molecule has 0 saturated heterocycles. The number of aliphatic hydroxyl groups excluding tert-OH is 1. The zero-order chi connectivity index (χ0) is 14.0. The molecule has 1 aliphatic heterocycles. The lowest BCUT2D eigenvalue weighted by Crippen LogP contribution is -2.24. The third-order valence-corrected chi connectivity index (χ3v) is 4.33. The molecule has 1 saturated carbocycles. The first-order chi connectivity index (χ1) is 9.75. The first-order valence-electron chi connectivity index (χ1n) is 7.24. The van der Waals surface area contributed by atoms with Crippen molar-refractivity contribution >= 4 is 0 Å². The number of nitrogens with zero attached hydrogens (tertiary/aromatic N) is 1. The summed E-state index contributed by atoms with van der Waals surface area (Å²) in [4.78, 5) is 0. The fourth-order valence-corrected chi connectivity index (χ4v) is 3.12. The molecular weight excluding hydrogens is 254 g/mol. The van der Waals surface area contributed by atoms with Crippen molar-refractivity contribution in [2.24, 2.45) is 5.41 Å². The average molecular weight is 273 g/mol. The van der Waals surface area contributed by atoms with E-state index in [9.17, 15) is 10.4 Å². The maximum absolute atomic E-state index is 10.6. The molecule has 1 atom stereocenters. The van der Waals surface area contributed by atoms with E-state index in [1.165, 1.54) is 0 Å². The first-order valence-corrected chi connectivity index (χ1v) is 7.24. The minimum absolute atomic E-state index is 0.621. The molecule has 0 spiro atoms. The highest BCUT2D eigenvalue weighted by molar-refractivity contribution is 5.44. The maximum Gasteiger partial charge on any atom is 0.161 e. The summed E-state index contributed by atoms with van der Waals surface area (Å²) in [5.74, 6) is 1.39. The van der Waals surface area contributed by atoms with Gasteiger partial charge in [0.1, 0.15) is 0 Å². The van der Waals surface area contributed by atoms with Crippen LogP contribution in [0.3, 0.4) is 0 Å². The van der Waals surface area contributed by atoms with Gasteiger partial charge in [0, 0.05) is 6.42 Å². The quantitative estimate of drug-likeness (QED) is 0.899. The zero-order valence-electron chi connectivity index (χ0n) is 11.5. The molecule has 1 aromatic rings. The standard InChI is InChI=1S/C16H19NO3/c17-11-16(6-1-2-7-16)15(18)12-4-5-13-14(10-12)20-9-3-8-19-13/h4-5,10,15,18H,1-3,6-9H2. The molecule has 1 aliphatic carbocycles. The Labute approximate surface area is 118 Å². The lowest BCUT2D eigenvalue weighted by molar-refractivity contribution is 0.0668. The summed E-state index contributed by atoms with van der Waals surface area (Å²) in [5.41, 5.74) is 0.109. The molecular formula is C16H19NO3. The Balaban J connectivity index is 1.90. The van der Waals surface area contributed by atoms with Crippen LogP contribution in [0.5, 0.6) is 11.5 Å². The Morgan fingerprint density at radius 1 is 1.10 bits per heavy atom. The fourth-order valence-electron chi connectivity index (χ4n) is 3.12. The Bertz CT molecular complexity index is 529. The van der Waals surface area contributed by atoms with E-state index in [-0.39, 0.29) is 0 Å². The number of hydrogen-bond acceptors (Lipinski definition) is 4. The zero-order valence-corrected chi connectivity index (χ0v) is 11.5. The van der Waals surface area contributed by atoms with Gasteiger partial charge in [0.25, 0.3) is 0 Å². The van der Waals surface area contributed by atoms with Gasteiger partial charge in [0.05, 0.1) is 30.8 Å². The number of aliphatic hydroxyl groups is 1. The van der Waals surface area contributed by atoms with Crippen molar-refractivity contribution in [3.05, 3.63) is 23.8 Å². The number of rotatable bonds is 2. The van der Waals surface area contributed by atoms with Crippen LogP contribution in [0.2, 0.25) is 0 Å². The predicted molar refractivity (Wildman–Crippen MR) is 73.5 cm³/mol. The topological polar surface area (TPSA) is 62.5 Å². The van der Waals surface area contributed by atoms with E-state index in [4.69, 9.17) is 9.47 Å². The highest BCUT2D eigenvalue weighted by atomic mass is 16.5. The Morgan fingerprint density at radius 2 is 1.80 bits per heavy atom. The van der Waals surface area contributed by atoms with Crippen LogP contribution in [0.4, 0.5) is 0 Å². The highest BCUT2D eigenvalue weighted by Crippen LogP contribution is 2.48. The van der Waals surface area contributed by atoms with Crippen LogP contribution >= 0.6 is 0 Å². The van der Waals surface area contributed by atoms with Crippen molar-refractivity contribution in [2.45, 2.75) is 38.2 Å². The average Bonchev–Trinajstić information content (AvgIpc) is 2.85. The summed E-state index contributed by atoms with van der Waals surface area (Å²) in [5, 5.41) is 20.1. The van der Waals surface area contributed by atoms with Crippen LogP contribution in [0.25, 0.3) is 0 Å². The molecule has 1 aromatic carbocycles. The Hall–Kier alpha value is -1.73. The van der Waals surface area contributed by atoms with Gasteiger partial charge in [-0.05, 0) is 30.5 Å². The van der Waals surface area contributed by atoms with Crippen LogP contribution in [-0.2, 0) is 0 Å². The molecule has 3 rings (SSSR count).